The molecule has 5 heteroatoms. The Bertz CT molecular complexity index is 659. The van der Waals surface area contributed by atoms with Gasteiger partial charge in [0.15, 0.2) is 0 Å². The standard InChI is InChI=1S/C16H19N3OS/c1-11-7-13(9-17-8-11)14(20)19-16(5-3-4-6-16)15-18-12(2)10-21-15/h7-10H,3-6H2,1-2H3,(H,19,20). The molecule has 2 aromatic heterocycles. The first-order chi connectivity index (χ1) is 10.1. The summed E-state index contributed by atoms with van der Waals surface area (Å²) in [4.78, 5) is 21.3. The zero-order chi connectivity index (χ0) is 14.9. The van der Waals surface area contributed by atoms with Gasteiger partial charge in [-0.2, -0.15) is 0 Å². The molecule has 4 nitrogen and oxygen atoms in total. The highest BCUT2D eigenvalue weighted by molar-refractivity contribution is 7.09. The lowest BCUT2D eigenvalue weighted by molar-refractivity contribution is 0.0897. The first-order valence-corrected chi connectivity index (χ1v) is 8.14. The van der Waals surface area contributed by atoms with Crippen molar-refractivity contribution in [2.75, 3.05) is 0 Å². The van der Waals surface area contributed by atoms with Crippen molar-refractivity contribution >= 4 is 17.2 Å². The number of nitrogens with one attached hydrogen (secondary N) is 1. The summed E-state index contributed by atoms with van der Waals surface area (Å²) in [6, 6.07) is 1.87. The zero-order valence-electron chi connectivity index (χ0n) is 12.3. The number of hydrogen-bond donors (Lipinski definition) is 1. The molecular weight excluding hydrogens is 282 g/mol. The van der Waals surface area contributed by atoms with Crippen LogP contribution in [-0.2, 0) is 5.54 Å². The molecule has 1 amide bonds. The van der Waals surface area contributed by atoms with Crippen LogP contribution in [0.25, 0.3) is 0 Å². The molecule has 0 spiro atoms. The number of rotatable bonds is 3. The molecule has 1 aliphatic rings. The number of nitrogens with zero attached hydrogens (tertiary/aromatic N) is 2. The van der Waals surface area contributed by atoms with Crippen LogP contribution < -0.4 is 5.32 Å². The normalized spacial score (nSPS) is 16.9. The van der Waals surface area contributed by atoms with E-state index >= 15 is 0 Å². The van der Waals surface area contributed by atoms with Crippen LogP contribution in [0, 0.1) is 13.8 Å². The summed E-state index contributed by atoms with van der Waals surface area (Å²) in [6.07, 6.45) is 7.57. The van der Waals surface area contributed by atoms with Gasteiger partial charge in [0.05, 0.1) is 11.1 Å². The molecular formula is C16H19N3OS. The Labute approximate surface area is 128 Å². The van der Waals surface area contributed by atoms with E-state index in [1.165, 1.54) is 0 Å². The van der Waals surface area contributed by atoms with Crippen molar-refractivity contribution in [1.82, 2.24) is 15.3 Å². The lowest BCUT2D eigenvalue weighted by atomic mass is 9.97. The van der Waals surface area contributed by atoms with Crippen LogP contribution in [-0.4, -0.2) is 15.9 Å². The van der Waals surface area contributed by atoms with Gasteiger partial charge in [-0.3, -0.25) is 9.78 Å². The van der Waals surface area contributed by atoms with Crippen molar-refractivity contribution in [1.29, 1.82) is 0 Å². The summed E-state index contributed by atoms with van der Waals surface area (Å²) in [5.41, 5.74) is 2.34. The Morgan fingerprint density at radius 3 is 2.67 bits per heavy atom. The second kappa shape index (κ2) is 5.56. The summed E-state index contributed by atoms with van der Waals surface area (Å²) in [7, 11) is 0. The average Bonchev–Trinajstić information content (AvgIpc) is 3.09. The molecule has 3 rings (SSSR count). The largest absolute Gasteiger partial charge is 0.340 e. The molecule has 0 unspecified atom stereocenters. The van der Waals surface area contributed by atoms with Gasteiger partial charge in [-0.1, -0.05) is 12.8 Å². The number of amides is 1. The highest BCUT2D eigenvalue weighted by atomic mass is 32.1. The van der Waals surface area contributed by atoms with Crippen LogP contribution in [0.15, 0.2) is 23.8 Å². The number of carbonyl (C=O) groups excluding carboxylic acids is 1. The second-order valence-corrected chi connectivity index (χ2v) is 6.65. The van der Waals surface area contributed by atoms with E-state index in [-0.39, 0.29) is 11.4 Å². The fourth-order valence-corrected chi connectivity index (χ4v) is 3.93. The molecule has 0 radical (unpaired) electrons. The lowest BCUT2D eigenvalue weighted by Gasteiger charge is -2.28. The minimum atomic E-state index is -0.292. The number of pyridine rings is 1. The van der Waals surface area contributed by atoms with E-state index in [1.54, 1.807) is 23.7 Å². The minimum absolute atomic E-state index is 0.0547. The van der Waals surface area contributed by atoms with Crippen molar-refractivity contribution < 1.29 is 4.79 Å². The molecule has 21 heavy (non-hydrogen) atoms. The number of carbonyl (C=O) groups is 1. The van der Waals surface area contributed by atoms with Crippen LogP contribution in [0.3, 0.4) is 0 Å². The van der Waals surface area contributed by atoms with E-state index in [9.17, 15) is 4.79 Å². The molecule has 2 heterocycles. The maximum Gasteiger partial charge on any atom is 0.253 e. The molecule has 110 valence electrons. The third kappa shape index (κ3) is 2.83. The third-order valence-corrected chi connectivity index (χ3v) is 5.14. The van der Waals surface area contributed by atoms with Crippen LogP contribution in [0.2, 0.25) is 0 Å². The van der Waals surface area contributed by atoms with E-state index in [1.807, 2.05) is 19.9 Å². The van der Waals surface area contributed by atoms with Gasteiger partial charge < -0.3 is 5.32 Å². The van der Waals surface area contributed by atoms with Gasteiger partial charge in [0.1, 0.15) is 5.01 Å². The fraction of sp³-hybridized carbons (Fsp3) is 0.438. The molecule has 1 aliphatic carbocycles. The van der Waals surface area contributed by atoms with Crippen LogP contribution in [0.1, 0.15) is 52.3 Å². The maximum absolute atomic E-state index is 12.6. The highest BCUT2D eigenvalue weighted by Gasteiger charge is 2.39. The summed E-state index contributed by atoms with van der Waals surface area (Å²) in [5, 5.41) is 6.32. The second-order valence-electron chi connectivity index (χ2n) is 5.79. The highest BCUT2D eigenvalue weighted by Crippen LogP contribution is 2.40. The Kier molecular flexibility index (Phi) is 3.76. The number of aromatic nitrogens is 2. The summed E-state index contributed by atoms with van der Waals surface area (Å²) >= 11 is 1.64. The predicted octanol–water partition coefficient (Wildman–Crippen LogP) is 3.35. The van der Waals surface area contributed by atoms with Gasteiger partial charge in [0.2, 0.25) is 0 Å². The summed E-state index contributed by atoms with van der Waals surface area (Å²) in [5.74, 6) is -0.0547. The summed E-state index contributed by atoms with van der Waals surface area (Å²) < 4.78 is 0. The maximum atomic E-state index is 12.6. The van der Waals surface area contributed by atoms with Crippen LogP contribution in [0.5, 0.6) is 0 Å². The molecule has 1 fully saturated rings. The molecule has 0 aliphatic heterocycles. The first kappa shape index (κ1) is 14.2. The molecule has 2 aromatic rings. The summed E-state index contributed by atoms with van der Waals surface area (Å²) in [6.45, 7) is 3.94. The Morgan fingerprint density at radius 1 is 1.29 bits per heavy atom. The molecule has 0 atom stereocenters. The first-order valence-electron chi connectivity index (χ1n) is 7.26. The van der Waals surface area contributed by atoms with Crippen LogP contribution in [0.4, 0.5) is 0 Å². The van der Waals surface area contributed by atoms with Crippen molar-refractivity contribution in [3.05, 3.63) is 45.7 Å². The van der Waals surface area contributed by atoms with E-state index in [4.69, 9.17) is 0 Å². The third-order valence-electron chi connectivity index (χ3n) is 3.98. The van der Waals surface area contributed by atoms with E-state index in [2.05, 4.69) is 20.7 Å². The Balaban J connectivity index is 1.87. The van der Waals surface area contributed by atoms with Gasteiger partial charge in [-0.05, 0) is 38.3 Å². The average molecular weight is 301 g/mol. The topological polar surface area (TPSA) is 54.9 Å². The van der Waals surface area contributed by atoms with Gasteiger partial charge in [0, 0.05) is 23.5 Å². The van der Waals surface area contributed by atoms with Gasteiger partial charge in [-0.25, -0.2) is 4.98 Å². The van der Waals surface area contributed by atoms with E-state index in [0.29, 0.717) is 5.56 Å². The Hall–Kier alpha value is -1.75. The smallest absolute Gasteiger partial charge is 0.253 e. The SMILES string of the molecule is Cc1cncc(C(=O)NC2(c3nc(C)cs3)CCCC2)c1. The van der Waals surface area contributed by atoms with Crippen molar-refractivity contribution in [3.63, 3.8) is 0 Å². The number of hydrogen-bond acceptors (Lipinski definition) is 4. The van der Waals surface area contributed by atoms with Gasteiger partial charge >= 0.3 is 0 Å². The van der Waals surface area contributed by atoms with Gasteiger partial charge in [0.25, 0.3) is 5.91 Å². The zero-order valence-corrected chi connectivity index (χ0v) is 13.2. The van der Waals surface area contributed by atoms with Crippen molar-refractivity contribution in [2.45, 2.75) is 45.1 Å². The van der Waals surface area contributed by atoms with Crippen molar-refractivity contribution in [2.24, 2.45) is 0 Å². The molecule has 0 aromatic carbocycles. The van der Waals surface area contributed by atoms with E-state index < -0.39 is 0 Å². The molecule has 1 N–H and O–H groups in total. The molecule has 0 bridgehead atoms. The number of thiazole rings is 1. The molecule has 0 saturated heterocycles. The monoisotopic (exact) mass is 301 g/mol. The lowest BCUT2D eigenvalue weighted by Crippen LogP contribution is -2.43. The minimum Gasteiger partial charge on any atom is -0.340 e. The fourth-order valence-electron chi connectivity index (χ4n) is 2.91. The van der Waals surface area contributed by atoms with Gasteiger partial charge in [-0.15, -0.1) is 11.3 Å². The van der Waals surface area contributed by atoms with Crippen molar-refractivity contribution in [3.8, 4) is 0 Å². The number of aryl methyl sites for hydroxylation is 2. The van der Waals surface area contributed by atoms with E-state index in [0.717, 1.165) is 41.9 Å². The quantitative estimate of drug-likeness (QED) is 0.946. The van der Waals surface area contributed by atoms with Crippen LogP contribution >= 0.6 is 11.3 Å². The predicted molar refractivity (Wildman–Crippen MR) is 83.4 cm³/mol. The Morgan fingerprint density at radius 2 is 2.05 bits per heavy atom. The molecule has 1 saturated carbocycles.